The summed E-state index contributed by atoms with van der Waals surface area (Å²) in [5.41, 5.74) is 2.32. The fraction of sp³-hybridized carbons (Fsp3) is 0.333. The van der Waals surface area contributed by atoms with E-state index in [1.807, 2.05) is 25.1 Å². The van der Waals surface area contributed by atoms with Gasteiger partial charge in [-0.05, 0) is 49.6 Å². The molecule has 0 saturated carbocycles. The molecular weight excluding hydrogens is 346 g/mol. The molecule has 1 amide bonds. The highest BCUT2D eigenvalue weighted by Crippen LogP contribution is 2.22. The second-order valence-electron chi connectivity index (χ2n) is 6.63. The molecule has 142 valence electrons. The zero-order valence-electron chi connectivity index (χ0n) is 15.2. The fourth-order valence-corrected chi connectivity index (χ4v) is 2.97. The molecule has 2 N–H and O–H groups in total. The van der Waals surface area contributed by atoms with Crippen molar-refractivity contribution in [3.63, 3.8) is 0 Å². The van der Waals surface area contributed by atoms with Gasteiger partial charge in [-0.1, -0.05) is 18.2 Å². The molecule has 27 heavy (non-hydrogen) atoms. The first-order valence-corrected chi connectivity index (χ1v) is 8.98. The number of hydrogen-bond donors (Lipinski definition) is 2. The number of hydrogen-bond acceptors (Lipinski definition) is 4. The fourth-order valence-electron chi connectivity index (χ4n) is 2.97. The lowest BCUT2D eigenvalue weighted by Crippen LogP contribution is -2.24. The number of amides is 1. The van der Waals surface area contributed by atoms with Gasteiger partial charge in [0.15, 0.2) is 0 Å². The van der Waals surface area contributed by atoms with Gasteiger partial charge in [-0.25, -0.2) is 4.79 Å². The van der Waals surface area contributed by atoms with Gasteiger partial charge in [0.05, 0.1) is 11.7 Å². The van der Waals surface area contributed by atoms with Crippen molar-refractivity contribution >= 4 is 11.9 Å². The number of carboxylic acid groups (broad SMARTS) is 1. The van der Waals surface area contributed by atoms with Gasteiger partial charge < -0.3 is 19.9 Å². The SMILES string of the molecule is Cc1ccc(CNC(=O)c2cccc(C(=O)O)c2)c(OCC2CCCO2)c1. The van der Waals surface area contributed by atoms with Gasteiger partial charge in [-0.3, -0.25) is 4.79 Å². The Kier molecular flexibility index (Phi) is 6.08. The molecule has 2 aromatic rings. The van der Waals surface area contributed by atoms with Crippen LogP contribution in [0.2, 0.25) is 0 Å². The van der Waals surface area contributed by atoms with Crippen LogP contribution >= 0.6 is 0 Å². The maximum Gasteiger partial charge on any atom is 0.335 e. The summed E-state index contributed by atoms with van der Waals surface area (Å²) >= 11 is 0. The maximum atomic E-state index is 12.4. The summed E-state index contributed by atoms with van der Waals surface area (Å²) in [6.45, 7) is 3.54. The smallest absolute Gasteiger partial charge is 0.335 e. The first kappa shape index (κ1) is 18.9. The molecule has 2 aromatic carbocycles. The van der Waals surface area contributed by atoms with Crippen LogP contribution in [0.5, 0.6) is 5.75 Å². The van der Waals surface area contributed by atoms with Crippen LogP contribution in [-0.4, -0.2) is 36.3 Å². The van der Waals surface area contributed by atoms with E-state index in [4.69, 9.17) is 14.6 Å². The average Bonchev–Trinajstić information content (AvgIpc) is 3.19. The summed E-state index contributed by atoms with van der Waals surface area (Å²) in [5.74, 6) is -0.665. The van der Waals surface area contributed by atoms with Gasteiger partial charge in [0, 0.05) is 24.3 Å². The molecule has 0 spiro atoms. The molecular formula is C21H23NO5. The van der Waals surface area contributed by atoms with Gasteiger partial charge in [0.1, 0.15) is 12.4 Å². The number of carboxylic acids is 1. The number of aryl methyl sites for hydroxylation is 1. The molecule has 0 radical (unpaired) electrons. The van der Waals surface area contributed by atoms with Gasteiger partial charge in [-0.15, -0.1) is 0 Å². The lowest BCUT2D eigenvalue weighted by Gasteiger charge is -2.16. The van der Waals surface area contributed by atoms with Crippen LogP contribution in [0.15, 0.2) is 42.5 Å². The van der Waals surface area contributed by atoms with E-state index >= 15 is 0 Å². The number of benzene rings is 2. The minimum Gasteiger partial charge on any atom is -0.491 e. The van der Waals surface area contributed by atoms with Crippen LogP contribution in [-0.2, 0) is 11.3 Å². The lowest BCUT2D eigenvalue weighted by atomic mass is 10.1. The standard InChI is InChI=1S/C21H23NO5/c1-14-7-8-17(19(10-14)27-13-18-6-3-9-26-18)12-22-20(23)15-4-2-5-16(11-15)21(24)25/h2,4-5,7-8,10-11,18H,3,6,9,12-13H2,1H3,(H,22,23)(H,24,25). The summed E-state index contributed by atoms with van der Waals surface area (Å²) in [7, 11) is 0. The van der Waals surface area contributed by atoms with Crippen LogP contribution < -0.4 is 10.1 Å². The molecule has 0 bridgehead atoms. The largest absolute Gasteiger partial charge is 0.491 e. The Balaban J connectivity index is 1.65. The number of carbonyl (C=O) groups is 2. The highest BCUT2D eigenvalue weighted by molar-refractivity contribution is 5.97. The zero-order valence-corrected chi connectivity index (χ0v) is 15.2. The Hall–Kier alpha value is -2.86. The van der Waals surface area contributed by atoms with Crippen LogP contribution in [0.4, 0.5) is 0 Å². The number of carbonyl (C=O) groups excluding carboxylic acids is 1. The third-order valence-electron chi connectivity index (χ3n) is 4.48. The predicted molar refractivity (Wildman–Crippen MR) is 100 cm³/mol. The predicted octanol–water partition coefficient (Wildman–Crippen LogP) is 3.18. The van der Waals surface area contributed by atoms with Crippen molar-refractivity contribution in [3.8, 4) is 5.75 Å². The first-order chi connectivity index (χ1) is 13.0. The van der Waals surface area contributed by atoms with E-state index in [9.17, 15) is 9.59 Å². The van der Waals surface area contributed by atoms with Crippen LogP contribution in [0.1, 0.15) is 44.7 Å². The van der Waals surface area contributed by atoms with E-state index in [0.29, 0.717) is 12.2 Å². The number of aromatic carboxylic acids is 1. The second kappa shape index (κ2) is 8.68. The third-order valence-corrected chi connectivity index (χ3v) is 4.48. The molecule has 0 aliphatic carbocycles. The summed E-state index contributed by atoms with van der Waals surface area (Å²) in [6, 6.07) is 11.8. The van der Waals surface area contributed by atoms with Crippen molar-refractivity contribution in [2.45, 2.75) is 32.4 Å². The number of ether oxygens (including phenoxy) is 2. The van der Waals surface area contributed by atoms with Gasteiger partial charge >= 0.3 is 5.97 Å². The Morgan fingerprint density at radius 2 is 2.04 bits per heavy atom. The number of nitrogens with one attached hydrogen (secondary N) is 1. The summed E-state index contributed by atoms with van der Waals surface area (Å²) in [4.78, 5) is 23.4. The highest BCUT2D eigenvalue weighted by Gasteiger charge is 2.17. The lowest BCUT2D eigenvalue weighted by molar-refractivity contribution is 0.0675. The van der Waals surface area contributed by atoms with E-state index in [1.54, 1.807) is 12.1 Å². The average molecular weight is 369 g/mol. The number of rotatable bonds is 7. The summed E-state index contributed by atoms with van der Waals surface area (Å²) < 4.78 is 11.5. The minimum absolute atomic E-state index is 0.0820. The van der Waals surface area contributed by atoms with Crippen molar-refractivity contribution in [2.24, 2.45) is 0 Å². The molecule has 1 aliphatic heterocycles. The zero-order chi connectivity index (χ0) is 19.2. The molecule has 1 unspecified atom stereocenters. The Labute approximate surface area is 158 Å². The van der Waals surface area contributed by atoms with E-state index in [2.05, 4.69) is 5.32 Å². The van der Waals surface area contributed by atoms with E-state index in [0.717, 1.165) is 36.3 Å². The van der Waals surface area contributed by atoms with Crippen molar-refractivity contribution < 1.29 is 24.2 Å². The molecule has 1 saturated heterocycles. The Morgan fingerprint density at radius 1 is 1.22 bits per heavy atom. The monoisotopic (exact) mass is 369 g/mol. The van der Waals surface area contributed by atoms with Crippen molar-refractivity contribution in [1.29, 1.82) is 0 Å². The van der Waals surface area contributed by atoms with E-state index in [-0.39, 0.29) is 24.1 Å². The molecule has 1 atom stereocenters. The van der Waals surface area contributed by atoms with Crippen LogP contribution in [0, 0.1) is 6.92 Å². The Bertz CT molecular complexity index is 827. The normalized spacial score (nSPS) is 16.1. The second-order valence-corrected chi connectivity index (χ2v) is 6.63. The molecule has 6 nitrogen and oxygen atoms in total. The topological polar surface area (TPSA) is 84.9 Å². The molecule has 1 aliphatic rings. The van der Waals surface area contributed by atoms with Crippen LogP contribution in [0.25, 0.3) is 0 Å². The van der Waals surface area contributed by atoms with Gasteiger partial charge in [-0.2, -0.15) is 0 Å². The van der Waals surface area contributed by atoms with Crippen molar-refractivity contribution in [3.05, 3.63) is 64.7 Å². The molecule has 3 rings (SSSR count). The van der Waals surface area contributed by atoms with Crippen LogP contribution in [0.3, 0.4) is 0 Å². The van der Waals surface area contributed by atoms with E-state index < -0.39 is 5.97 Å². The van der Waals surface area contributed by atoms with Gasteiger partial charge in [0.25, 0.3) is 5.91 Å². The Morgan fingerprint density at radius 3 is 2.78 bits per heavy atom. The molecule has 1 heterocycles. The van der Waals surface area contributed by atoms with Crippen molar-refractivity contribution in [2.75, 3.05) is 13.2 Å². The van der Waals surface area contributed by atoms with Gasteiger partial charge in [0.2, 0.25) is 0 Å². The van der Waals surface area contributed by atoms with Crippen molar-refractivity contribution in [1.82, 2.24) is 5.32 Å². The molecule has 1 fully saturated rings. The summed E-state index contributed by atoms with van der Waals surface area (Å²) in [5, 5.41) is 11.9. The quantitative estimate of drug-likeness (QED) is 0.783. The molecule has 6 heteroatoms. The molecule has 0 aromatic heterocycles. The first-order valence-electron chi connectivity index (χ1n) is 8.98. The summed E-state index contributed by atoms with van der Waals surface area (Å²) in [6.07, 6.45) is 2.17. The minimum atomic E-state index is -1.06. The van der Waals surface area contributed by atoms with E-state index in [1.165, 1.54) is 12.1 Å². The highest BCUT2D eigenvalue weighted by atomic mass is 16.5. The maximum absolute atomic E-state index is 12.4. The third kappa shape index (κ3) is 5.08.